The van der Waals surface area contributed by atoms with E-state index in [-0.39, 0.29) is 5.82 Å². The Labute approximate surface area is 109 Å². The number of rotatable bonds is 3. The van der Waals surface area contributed by atoms with E-state index in [4.69, 9.17) is 5.73 Å². The molecule has 0 unspecified atom stereocenters. The first-order valence-corrected chi connectivity index (χ1v) is 6.89. The Hall–Kier alpha value is -1.25. The molecule has 1 fully saturated rings. The van der Waals surface area contributed by atoms with Gasteiger partial charge in [-0.3, -0.25) is 0 Å². The zero-order chi connectivity index (χ0) is 13.1. The van der Waals surface area contributed by atoms with Gasteiger partial charge in [0, 0.05) is 24.5 Å². The minimum absolute atomic E-state index is 0.251. The Morgan fingerprint density at radius 2 is 1.89 bits per heavy atom. The van der Waals surface area contributed by atoms with Crippen LogP contribution in [0.1, 0.15) is 39.0 Å². The normalized spacial score (nSPS) is 23.9. The molecule has 0 radical (unpaired) electrons. The Morgan fingerprint density at radius 3 is 2.44 bits per heavy atom. The highest BCUT2D eigenvalue weighted by Gasteiger charge is 2.23. The molecule has 0 heterocycles. The fourth-order valence-electron chi connectivity index (χ4n) is 2.95. The van der Waals surface area contributed by atoms with E-state index in [0.29, 0.717) is 11.7 Å². The summed E-state index contributed by atoms with van der Waals surface area (Å²) < 4.78 is 13.4. The molecule has 100 valence electrons. The first-order valence-electron chi connectivity index (χ1n) is 6.89. The average Bonchev–Trinajstić information content (AvgIpc) is 2.37. The van der Waals surface area contributed by atoms with E-state index < -0.39 is 0 Å². The van der Waals surface area contributed by atoms with E-state index >= 15 is 0 Å². The molecule has 1 aliphatic carbocycles. The first kappa shape index (κ1) is 13.2. The molecule has 0 atom stereocenters. The number of anilines is 2. The Bertz CT molecular complexity index is 377. The van der Waals surface area contributed by atoms with Crippen LogP contribution in [0, 0.1) is 11.7 Å². The molecule has 18 heavy (non-hydrogen) atoms. The molecule has 2 N–H and O–H groups in total. The van der Waals surface area contributed by atoms with Gasteiger partial charge in [-0.15, -0.1) is 0 Å². The van der Waals surface area contributed by atoms with Gasteiger partial charge in [-0.1, -0.05) is 13.3 Å². The molecule has 0 saturated heterocycles. The summed E-state index contributed by atoms with van der Waals surface area (Å²) in [5.41, 5.74) is 7.10. The number of benzene rings is 1. The highest BCUT2D eigenvalue weighted by molar-refractivity contribution is 5.56. The summed E-state index contributed by atoms with van der Waals surface area (Å²) in [6, 6.07) is 5.32. The molecular formula is C15H23FN2. The van der Waals surface area contributed by atoms with Gasteiger partial charge >= 0.3 is 0 Å². The number of hydrogen-bond acceptors (Lipinski definition) is 2. The predicted molar refractivity (Wildman–Crippen MR) is 75.3 cm³/mol. The Kier molecular flexibility index (Phi) is 4.10. The van der Waals surface area contributed by atoms with Crippen LogP contribution >= 0.6 is 0 Å². The largest absolute Gasteiger partial charge is 0.399 e. The molecule has 1 aromatic rings. The zero-order valence-electron chi connectivity index (χ0n) is 11.3. The number of nitrogens with zero attached hydrogens (tertiary/aromatic N) is 1. The molecule has 0 amide bonds. The predicted octanol–water partition coefficient (Wildman–Crippen LogP) is 3.81. The maximum atomic E-state index is 13.4. The van der Waals surface area contributed by atoms with Crippen LogP contribution in [0.25, 0.3) is 0 Å². The molecular weight excluding hydrogens is 227 g/mol. The van der Waals surface area contributed by atoms with Crippen molar-refractivity contribution >= 4 is 11.4 Å². The molecule has 2 nitrogen and oxygen atoms in total. The molecule has 3 heteroatoms. The van der Waals surface area contributed by atoms with Gasteiger partial charge in [0.05, 0.1) is 0 Å². The maximum absolute atomic E-state index is 13.4. The second kappa shape index (κ2) is 5.59. The summed E-state index contributed by atoms with van der Waals surface area (Å²) in [4.78, 5) is 2.19. The molecule has 0 aromatic heterocycles. The summed E-state index contributed by atoms with van der Waals surface area (Å²) in [6.07, 6.45) is 6.26. The van der Waals surface area contributed by atoms with Gasteiger partial charge in [0.25, 0.3) is 0 Å². The summed E-state index contributed by atoms with van der Waals surface area (Å²) in [5, 5.41) is 0. The van der Waals surface area contributed by atoms with Gasteiger partial charge in [-0.25, -0.2) is 4.39 Å². The van der Waals surface area contributed by atoms with Crippen LogP contribution in [0.2, 0.25) is 0 Å². The second-order valence-corrected chi connectivity index (χ2v) is 5.44. The van der Waals surface area contributed by atoms with Gasteiger partial charge in [0.2, 0.25) is 0 Å². The molecule has 1 saturated carbocycles. The van der Waals surface area contributed by atoms with E-state index in [0.717, 1.165) is 11.6 Å². The SMILES string of the molecule is CCC1CCC(N(C)c2cc(N)cc(F)c2)CC1. The molecule has 1 aliphatic rings. The van der Waals surface area contributed by atoms with E-state index in [1.54, 1.807) is 6.07 Å². The highest BCUT2D eigenvalue weighted by Crippen LogP contribution is 2.31. The third kappa shape index (κ3) is 2.95. The lowest BCUT2D eigenvalue weighted by Crippen LogP contribution is -2.35. The van der Waals surface area contributed by atoms with E-state index in [1.165, 1.54) is 38.2 Å². The molecule has 1 aromatic carbocycles. The maximum Gasteiger partial charge on any atom is 0.127 e. The monoisotopic (exact) mass is 250 g/mol. The van der Waals surface area contributed by atoms with Crippen molar-refractivity contribution in [2.45, 2.75) is 45.1 Å². The van der Waals surface area contributed by atoms with Crippen LogP contribution in [-0.4, -0.2) is 13.1 Å². The summed E-state index contributed by atoms with van der Waals surface area (Å²) >= 11 is 0. The number of nitrogen functional groups attached to an aromatic ring is 1. The fraction of sp³-hybridized carbons (Fsp3) is 0.600. The first-order chi connectivity index (χ1) is 8.60. The van der Waals surface area contributed by atoms with Gasteiger partial charge < -0.3 is 10.6 Å². The molecule has 0 spiro atoms. The fourth-order valence-corrected chi connectivity index (χ4v) is 2.95. The van der Waals surface area contributed by atoms with Crippen molar-refractivity contribution in [3.8, 4) is 0 Å². The Balaban J connectivity index is 2.05. The van der Waals surface area contributed by atoms with Crippen LogP contribution in [0.15, 0.2) is 18.2 Å². The second-order valence-electron chi connectivity index (χ2n) is 5.44. The van der Waals surface area contributed by atoms with Crippen LogP contribution in [0.3, 0.4) is 0 Å². The number of nitrogens with two attached hydrogens (primary N) is 1. The van der Waals surface area contributed by atoms with Crippen molar-refractivity contribution in [2.75, 3.05) is 17.7 Å². The van der Waals surface area contributed by atoms with Crippen molar-refractivity contribution in [3.63, 3.8) is 0 Å². The lowest BCUT2D eigenvalue weighted by molar-refractivity contribution is 0.313. The topological polar surface area (TPSA) is 29.3 Å². The average molecular weight is 250 g/mol. The van der Waals surface area contributed by atoms with Crippen molar-refractivity contribution in [2.24, 2.45) is 5.92 Å². The Morgan fingerprint density at radius 1 is 1.22 bits per heavy atom. The third-order valence-electron chi connectivity index (χ3n) is 4.25. The lowest BCUT2D eigenvalue weighted by Gasteiger charge is -2.36. The van der Waals surface area contributed by atoms with Gasteiger partial charge in [-0.05, 0) is 49.8 Å². The molecule has 0 aliphatic heterocycles. The highest BCUT2D eigenvalue weighted by atomic mass is 19.1. The van der Waals surface area contributed by atoms with E-state index in [9.17, 15) is 4.39 Å². The van der Waals surface area contributed by atoms with E-state index in [2.05, 4.69) is 11.8 Å². The summed E-state index contributed by atoms with van der Waals surface area (Å²) in [5.74, 6) is 0.631. The van der Waals surface area contributed by atoms with Crippen molar-refractivity contribution in [1.82, 2.24) is 0 Å². The van der Waals surface area contributed by atoms with Crippen LogP contribution in [0.4, 0.5) is 15.8 Å². The van der Waals surface area contributed by atoms with Crippen molar-refractivity contribution in [1.29, 1.82) is 0 Å². The smallest absolute Gasteiger partial charge is 0.127 e. The number of hydrogen-bond donors (Lipinski definition) is 1. The van der Waals surface area contributed by atoms with Crippen LogP contribution in [-0.2, 0) is 0 Å². The summed E-state index contributed by atoms with van der Waals surface area (Å²) in [6.45, 7) is 2.27. The van der Waals surface area contributed by atoms with Gasteiger partial charge in [0.15, 0.2) is 0 Å². The zero-order valence-corrected chi connectivity index (χ0v) is 11.3. The number of halogens is 1. The molecule has 2 rings (SSSR count). The van der Waals surface area contributed by atoms with Crippen molar-refractivity contribution < 1.29 is 4.39 Å². The molecule has 0 bridgehead atoms. The van der Waals surface area contributed by atoms with Crippen molar-refractivity contribution in [3.05, 3.63) is 24.0 Å². The quantitative estimate of drug-likeness (QED) is 0.826. The summed E-state index contributed by atoms with van der Waals surface area (Å²) in [7, 11) is 2.05. The van der Waals surface area contributed by atoms with E-state index in [1.807, 2.05) is 13.1 Å². The minimum atomic E-state index is -0.251. The third-order valence-corrected chi connectivity index (χ3v) is 4.25. The van der Waals surface area contributed by atoms with Crippen LogP contribution in [0.5, 0.6) is 0 Å². The lowest BCUT2D eigenvalue weighted by atomic mass is 9.84. The minimum Gasteiger partial charge on any atom is -0.399 e. The van der Waals surface area contributed by atoms with Crippen LogP contribution < -0.4 is 10.6 Å². The van der Waals surface area contributed by atoms with Gasteiger partial charge in [-0.2, -0.15) is 0 Å². The van der Waals surface area contributed by atoms with Gasteiger partial charge in [0.1, 0.15) is 5.82 Å². The standard InChI is InChI=1S/C15H23FN2/c1-3-11-4-6-14(7-5-11)18(2)15-9-12(16)8-13(17)10-15/h8-11,14H,3-7,17H2,1-2H3.